The molecule has 0 unspecified atom stereocenters. The standard InChI is InChI=1S/C19H18N2O3S2/c1-14(22)21-16-7-10-18(11-8-16)26(23,24)20-13-17-9-12-19(25-17)15-5-3-2-4-6-15/h2-12,20H,13H2,1H3,(H,21,22). The van der Waals surface area contributed by atoms with Gasteiger partial charge in [0.05, 0.1) is 4.90 Å². The normalized spacial score (nSPS) is 11.3. The highest BCUT2D eigenvalue weighted by molar-refractivity contribution is 7.89. The molecule has 134 valence electrons. The van der Waals surface area contributed by atoms with Crippen molar-refractivity contribution in [3.63, 3.8) is 0 Å². The predicted molar refractivity (Wildman–Crippen MR) is 105 cm³/mol. The lowest BCUT2D eigenvalue weighted by Gasteiger charge is -2.07. The Balaban J connectivity index is 1.67. The summed E-state index contributed by atoms with van der Waals surface area (Å²) in [5.41, 5.74) is 1.67. The highest BCUT2D eigenvalue weighted by Crippen LogP contribution is 2.28. The second-order valence-corrected chi connectivity index (χ2v) is 8.60. The number of amides is 1. The third kappa shape index (κ3) is 4.57. The van der Waals surface area contributed by atoms with E-state index in [0.29, 0.717) is 5.69 Å². The monoisotopic (exact) mass is 386 g/mol. The van der Waals surface area contributed by atoms with Crippen LogP contribution in [0.5, 0.6) is 0 Å². The van der Waals surface area contributed by atoms with Crippen molar-refractivity contribution in [1.29, 1.82) is 0 Å². The first-order chi connectivity index (χ1) is 12.4. The molecule has 3 rings (SSSR count). The summed E-state index contributed by atoms with van der Waals surface area (Å²) in [5, 5.41) is 2.61. The summed E-state index contributed by atoms with van der Waals surface area (Å²) in [7, 11) is -3.62. The van der Waals surface area contributed by atoms with E-state index in [4.69, 9.17) is 0 Å². The molecule has 26 heavy (non-hydrogen) atoms. The Morgan fingerprint density at radius 1 is 0.962 bits per heavy atom. The van der Waals surface area contributed by atoms with Gasteiger partial charge in [0.2, 0.25) is 15.9 Å². The van der Waals surface area contributed by atoms with Crippen LogP contribution in [-0.4, -0.2) is 14.3 Å². The molecule has 7 heteroatoms. The Morgan fingerprint density at radius 3 is 2.31 bits per heavy atom. The van der Waals surface area contributed by atoms with Gasteiger partial charge in [-0.05, 0) is 42.0 Å². The van der Waals surface area contributed by atoms with Crippen molar-refractivity contribution >= 4 is 33.0 Å². The molecule has 1 aromatic heterocycles. The van der Waals surface area contributed by atoms with Crippen LogP contribution in [0.3, 0.4) is 0 Å². The highest BCUT2D eigenvalue weighted by Gasteiger charge is 2.14. The second-order valence-electron chi connectivity index (χ2n) is 5.66. The molecule has 0 spiro atoms. The number of benzene rings is 2. The minimum Gasteiger partial charge on any atom is -0.326 e. The first kappa shape index (κ1) is 18.3. The minimum atomic E-state index is -3.62. The molecule has 1 amide bonds. The van der Waals surface area contributed by atoms with E-state index in [1.165, 1.54) is 19.1 Å². The van der Waals surface area contributed by atoms with Crippen molar-refractivity contribution in [2.75, 3.05) is 5.32 Å². The van der Waals surface area contributed by atoms with Gasteiger partial charge in [-0.3, -0.25) is 4.79 Å². The molecule has 0 aliphatic rings. The fourth-order valence-corrected chi connectivity index (χ4v) is 4.45. The van der Waals surface area contributed by atoms with E-state index < -0.39 is 10.0 Å². The van der Waals surface area contributed by atoms with Crippen LogP contribution < -0.4 is 10.0 Å². The Bertz CT molecular complexity index is 995. The molecule has 3 aromatic rings. The molecule has 5 nitrogen and oxygen atoms in total. The van der Waals surface area contributed by atoms with Gasteiger partial charge in [-0.15, -0.1) is 11.3 Å². The molecule has 1 heterocycles. The lowest BCUT2D eigenvalue weighted by atomic mass is 10.2. The third-order valence-electron chi connectivity index (χ3n) is 3.64. The summed E-state index contributed by atoms with van der Waals surface area (Å²) < 4.78 is 27.5. The van der Waals surface area contributed by atoms with E-state index in [1.54, 1.807) is 23.5 Å². The molecule has 0 saturated heterocycles. The molecule has 0 fully saturated rings. The van der Waals surface area contributed by atoms with E-state index in [9.17, 15) is 13.2 Å². The van der Waals surface area contributed by atoms with E-state index in [0.717, 1.165) is 15.3 Å². The van der Waals surface area contributed by atoms with Crippen LogP contribution in [0.25, 0.3) is 10.4 Å². The Morgan fingerprint density at radius 2 is 1.65 bits per heavy atom. The van der Waals surface area contributed by atoms with Gasteiger partial charge >= 0.3 is 0 Å². The number of carbonyl (C=O) groups excluding carboxylic acids is 1. The van der Waals surface area contributed by atoms with E-state index >= 15 is 0 Å². The zero-order valence-electron chi connectivity index (χ0n) is 14.1. The smallest absolute Gasteiger partial charge is 0.240 e. The summed E-state index contributed by atoms with van der Waals surface area (Å²) in [4.78, 5) is 13.2. The number of hydrogen-bond donors (Lipinski definition) is 2. The molecule has 2 N–H and O–H groups in total. The van der Waals surface area contributed by atoms with Gasteiger partial charge in [-0.2, -0.15) is 0 Å². The van der Waals surface area contributed by atoms with Gasteiger partial charge in [0.25, 0.3) is 0 Å². The molecule has 0 atom stereocenters. The van der Waals surface area contributed by atoms with Gasteiger partial charge in [-0.25, -0.2) is 13.1 Å². The number of sulfonamides is 1. The fraction of sp³-hybridized carbons (Fsp3) is 0.105. The highest BCUT2D eigenvalue weighted by atomic mass is 32.2. The zero-order valence-corrected chi connectivity index (χ0v) is 15.7. The number of rotatable bonds is 6. The van der Waals surface area contributed by atoms with Crippen molar-refractivity contribution in [3.8, 4) is 10.4 Å². The van der Waals surface area contributed by atoms with Crippen molar-refractivity contribution in [2.24, 2.45) is 0 Å². The average molecular weight is 386 g/mol. The lowest BCUT2D eigenvalue weighted by Crippen LogP contribution is -2.22. The lowest BCUT2D eigenvalue weighted by molar-refractivity contribution is -0.114. The molecule has 2 aromatic carbocycles. The molecule has 0 saturated carbocycles. The Hall–Kier alpha value is -2.48. The van der Waals surface area contributed by atoms with Crippen LogP contribution >= 0.6 is 11.3 Å². The Kier molecular flexibility index (Phi) is 5.51. The Labute approximate surface area is 156 Å². The maximum absolute atomic E-state index is 12.4. The van der Waals surface area contributed by atoms with Crippen molar-refractivity contribution in [3.05, 3.63) is 71.6 Å². The second kappa shape index (κ2) is 7.82. The van der Waals surface area contributed by atoms with Crippen molar-refractivity contribution in [2.45, 2.75) is 18.4 Å². The summed E-state index contributed by atoms with van der Waals surface area (Å²) in [6.07, 6.45) is 0. The molecular weight excluding hydrogens is 368 g/mol. The topological polar surface area (TPSA) is 75.3 Å². The number of anilines is 1. The summed E-state index contributed by atoms with van der Waals surface area (Å²) in [5.74, 6) is -0.203. The summed E-state index contributed by atoms with van der Waals surface area (Å²) in [6, 6.07) is 19.9. The van der Waals surface area contributed by atoms with Crippen LogP contribution in [0, 0.1) is 0 Å². The van der Waals surface area contributed by atoms with Gasteiger partial charge in [0.15, 0.2) is 0 Å². The third-order valence-corrected chi connectivity index (χ3v) is 6.19. The molecule has 0 aliphatic heterocycles. The number of thiophene rings is 1. The van der Waals surface area contributed by atoms with Crippen LogP contribution in [0.15, 0.2) is 71.6 Å². The van der Waals surface area contributed by atoms with Crippen molar-refractivity contribution < 1.29 is 13.2 Å². The largest absolute Gasteiger partial charge is 0.326 e. The predicted octanol–water partition coefficient (Wildman–Crippen LogP) is 3.85. The minimum absolute atomic E-state index is 0.159. The molecular formula is C19H18N2O3S2. The van der Waals surface area contributed by atoms with Crippen LogP contribution in [0.1, 0.15) is 11.8 Å². The van der Waals surface area contributed by atoms with E-state index in [1.807, 2.05) is 42.5 Å². The van der Waals surface area contributed by atoms with Crippen LogP contribution in [0.4, 0.5) is 5.69 Å². The zero-order chi connectivity index (χ0) is 18.6. The number of nitrogens with one attached hydrogen (secondary N) is 2. The number of hydrogen-bond acceptors (Lipinski definition) is 4. The first-order valence-corrected chi connectivity index (χ1v) is 10.3. The van der Waals surface area contributed by atoms with Crippen LogP contribution in [0.2, 0.25) is 0 Å². The van der Waals surface area contributed by atoms with Crippen molar-refractivity contribution in [1.82, 2.24) is 4.72 Å². The number of carbonyl (C=O) groups is 1. The SMILES string of the molecule is CC(=O)Nc1ccc(S(=O)(=O)NCc2ccc(-c3ccccc3)s2)cc1. The van der Waals surface area contributed by atoms with Gasteiger partial charge in [0, 0.05) is 28.9 Å². The fourth-order valence-electron chi connectivity index (χ4n) is 2.40. The van der Waals surface area contributed by atoms with Gasteiger partial charge in [-0.1, -0.05) is 30.3 Å². The van der Waals surface area contributed by atoms with E-state index in [-0.39, 0.29) is 17.3 Å². The first-order valence-electron chi connectivity index (χ1n) is 7.95. The summed E-state index contributed by atoms with van der Waals surface area (Å²) >= 11 is 1.56. The van der Waals surface area contributed by atoms with E-state index in [2.05, 4.69) is 10.0 Å². The maximum Gasteiger partial charge on any atom is 0.240 e. The van der Waals surface area contributed by atoms with Gasteiger partial charge < -0.3 is 5.32 Å². The molecule has 0 radical (unpaired) electrons. The van der Waals surface area contributed by atoms with Crippen LogP contribution in [-0.2, 0) is 21.4 Å². The molecule has 0 bridgehead atoms. The average Bonchev–Trinajstić information content (AvgIpc) is 3.10. The summed E-state index contributed by atoms with van der Waals surface area (Å²) in [6.45, 7) is 1.63. The molecule has 0 aliphatic carbocycles. The quantitative estimate of drug-likeness (QED) is 0.676. The van der Waals surface area contributed by atoms with Gasteiger partial charge in [0.1, 0.15) is 0 Å². The maximum atomic E-state index is 12.4.